The van der Waals surface area contributed by atoms with Crippen molar-refractivity contribution >= 4 is 0 Å². The third-order valence-electron chi connectivity index (χ3n) is 2.62. The molecule has 0 bridgehead atoms. The molecule has 0 saturated carbocycles. The highest BCUT2D eigenvalue weighted by atomic mass is 19.1. The standard InChI is InChI=1S/C14H20FN/c1-5-8-16-14(10(2)3)12-7-6-11(4)13(15)9-12/h6-7,9,14,16H,2,5,8H2,1,3-4H3. The second kappa shape index (κ2) is 5.80. The summed E-state index contributed by atoms with van der Waals surface area (Å²) >= 11 is 0. The normalized spacial score (nSPS) is 12.5. The van der Waals surface area contributed by atoms with Crippen LogP contribution in [0.25, 0.3) is 0 Å². The molecule has 1 N–H and O–H groups in total. The second-order valence-electron chi connectivity index (χ2n) is 4.24. The smallest absolute Gasteiger partial charge is 0.126 e. The summed E-state index contributed by atoms with van der Waals surface area (Å²) in [5, 5.41) is 3.37. The summed E-state index contributed by atoms with van der Waals surface area (Å²) in [6, 6.07) is 5.42. The van der Waals surface area contributed by atoms with Crippen LogP contribution in [0.3, 0.4) is 0 Å². The van der Waals surface area contributed by atoms with Gasteiger partial charge in [0.15, 0.2) is 0 Å². The number of halogens is 1. The third kappa shape index (κ3) is 3.17. The molecule has 2 heteroatoms. The molecule has 1 nitrogen and oxygen atoms in total. The molecule has 0 radical (unpaired) electrons. The lowest BCUT2D eigenvalue weighted by Crippen LogP contribution is -2.22. The number of nitrogens with one attached hydrogen (secondary N) is 1. The van der Waals surface area contributed by atoms with Gasteiger partial charge in [-0.15, -0.1) is 0 Å². The van der Waals surface area contributed by atoms with Crippen LogP contribution in [0.15, 0.2) is 30.4 Å². The molecule has 0 saturated heterocycles. The first kappa shape index (κ1) is 12.9. The molecule has 0 aliphatic rings. The number of benzene rings is 1. The highest BCUT2D eigenvalue weighted by molar-refractivity contribution is 5.30. The van der Waals surface area contributed by atoms with Gasteiger partial charge in [0.25, 0.3) is 0 Å². The number of hydrogen-bond acceptors (Lipinski definition) is 1. The molecule has 88 valence electrons. The first-order valence-corrected chi connectivity index (χ1v) is 5.71. The second-order valence-corrected chi connectivity index (χ2v) is 4.24. The number of rotatable bonds is 5. The lowest BCUT2D eigenvalue weighted by molar-refractivity contribution is 0.577. The van der Waals surface area contributed by atoms with Gasteiger partial charge in [0.1, 0.15) is 5.82 Å². The molecular weight excluding hydrogens is 201 g/mol. The molecule has 1 atom stereocenters. The topological polar surface area (TPSA) is 12.0 Å². The van der Waals surface area contributed by atoms with Crippen LogP contribution in [0.5, 0.6) is 0 Å². The minimum Gasteiger partial charge on any atom is -0.307 e. The third-order valence-corrected chi connectivity index (χ3v) is 2.62. The van der Waals surface area contributed by atoms with Crippen molar-refractivity contribution in [3.8, 4) is 0 Å². The van der Waals surface area contributed by atoms with Crippen LogP contribution in [0.2, 0.25) is 0 Å². The van der Waals surface area contributed by atoms with E-state index in [1.165, 1.54) is 0 Å². The Hall–Kier alpha value is -1.15. The van der Waals surface area contributed by atoms with Crippen molar-refractivity contribution in [2.45, 2.75) is 33.2 Å². The maximum atomic E-state index is 13.5. The fourth-order valence-electron chi connectivity index (χ4n) is 1.65. The Morgan fingerprint density at radius 2 is 2.19 bits per heavy atom. The van der Waals surface area contributed by atoms with E-state index in [0.29, 0.717) is 5.56 Å². The zero-order chi connectivity index (χ0) is 12.1. The Bertz CT molecular complexity index is 371. The number of aryl methyl sites for hydroxylation is 1. The van der Waals surface area contributed by atoms with Crippen molar-refractivity contribution in [2.75, 3.05) is 6.54 Å². The molecule has 0 aliphatic carbocycles. The van der Waals surface area contributed by atoms with E-state index >= 15 is 0 Å². The lowest BCUT2D eigenvalue weighted by atomic mass is 9.99. The minimum absolute atomic E-state index is 0.0510. The van der Waals surface area contributed by atoms with Crippen molar-refractivity contribution < 1.29 is 4.39 Å². The molecule has 0 aliphatic heterocycles. The van der Waals surface area contributed by atoms with Crippen LogP contribution in [0.1, 0.15) is 37.4 Å². The van der Waals surface area contributed by atoms with Crippen LogP contribution < -0.4 is 5.32 Å². The van der Waals surface area contributed by atoms with Crippen LogP contribution >= 0.6 is 0 Å². The predicted molar refractivity (Wildman–Crippen MR) is 67.0 cm³/mol. The summed E-state index contributed by atoms with van der Waals surface area (Å²) in [5.74, 6) is -0.151. The van der Waals surface area contributed by atoms with Gasteiger partial charge in [-0.2, -0.15) is 0 Å². The summed E-state index contributed by atoms with van der Waals surface area (Å²) in [5.41, 5.74) is 2.64. The zero-order valence-electron chi connectivity index (χ0n) is 10.3. The summed E-state index contributed by atoms with van der Waals surface area (Å²) < 4.78 is 13.5. The van der Waals surface area contributed by atoms with E-state index in [9.17, 15) is 4.39 Å². The molecule has 1 aromatic rings. The maximum Gasteiger partial charge on any atom is 0.126 e. The highest BCUT2D eigenvalue weighted by Crippen LogP contribution is 2.22. The van der Waals surface area contributed by atoms with E-state index in [2.05, 4.69) is 18.8 Å². The quantitative estimate of drug-likeness (QED) is 0.747. The van der Waals surface area contributed by atoms with Gasteiger partial charge in [-0.25, -0.2) is 4.39 Å². The largest absolute Gasteiger partial charge is 0.307 e. The molecule has 0 spiro atoms. The Kier molecular flexibility index (Phi) is 4.69. The molecule has 1 aromatic carbocycles. The Morgan fingerprint density at radius 1 is 1.50 bits per heavy atom. The lowest BCUT2D eigenvalue weighted by Gasteiger charge is -2.19. The first-order chi connectivity index (χ1) is 7.56. The molecule has 0 aromatic heterocycles. The summed E-state index contributed by atoms with van der Waals surface area (Å²) in [4.78, 5) is 0. The fourth-order valence-corrected chi connectivity index (χ4v) is 1.65. The van der Waals surface area contributed by atoms with Crippen molar-refractivity contribution in [1.29, 1.82) is 0 Å². The van der Waals surface area contributed by atoms with Crippen LogP contribution in [0, 0.1) is 12.7 Å². The SMILES string of the molecule is C=C(C)C(NCCC)c1ccc(C)c(F)c1. The monoisotopic (exact) mass is 221 g/mol. The maximum absolute atomic E-state index is 13.5. The van der Waals surface area contributed by atoms with Gasteiger partial charge in [-0.3, -0.25) is 0 Å². The van der Waals surface area contributed by atoms with Gasteiger partial charge < -0.3 is 5.32 Å². The summed E-state index contributed by atoms with van der Waals surface area (Å²) in [6.07, 6.45) is 1.05. The average Bonchev–Trinajstić information content (AvgIpc) is 2.23. The van der Waals surface area contributed by atoms with Crippen molar-refractivity contribution in [3.05, 3.63) is 47.3 Å². The van der Waals surface area contributed by atoms with Crippen molar-refractivity contribution in [2.24, 2.45) is 0 Å². The van der Waals surface area contributed by atoms with E-state index in [1.54, 1.807) is 13.0 Å². The average molecular weight is 221 g/mol. The molecule has 16 heavy (non-hydrogen) atoms. The van der Waals surface area contributed by atoms with E-state index in [-0.39, 0.29) is 11.9 Å². The van der Waals surface area contributed by atoms with Crippen LogP contribution in [-0.2, 0) is 0 Å². The van der Waals surface area contributed by atoms with E-state index in [1.807, 2.05) is 19.1 Å². The molecular formula is C14H20FN. The number of hydrogen-bond donors (Lipinski definition) is 1. The van der Waals surface area contributed by atoms with E-state index < -0.39 is 0 Å². The van der Waals surface area contributed by atoms with E-state index in [0.717, 1.165) is 24.1 Å². The van der Waals surface area contributed by atoms with Crippen molar-refractivity contribution in [3.63, 3.8) is 0 Å². The van der Waals surface area contributed by atoms with Gasteiger partial charge in [0.2, 0.25) is 0 Å². The zero-order valence-corrected chi connectivity index (χ0v) is 10.3. The summed E-state index contributed by atoms with van der Waals surface area (Å²) in [7, 11) is 0. The summed E-state index contributed by atoms with van der Waals surface area (Å²) in [6.45, 7) is 10.7. The van der Waals surface area contributed by atoms with E-state index in [4.69, 9.17) is 0 Å². The Labute approximate surface area is 97.4 Å². The van der Waals surface area contributed by atoms with Crippen molar-refractivity contribution in [1.82, 2.24) is 5.32 Å². The van der Waals surface area contributed by atoms with Gasteiger partial charge in [0.05, 0.1) is 6.04 Å². The molecule has 0 heterocycles. The Balaban J connectivity index is 2.92. The van der Waals surface area contributed by atoms with Gasteiger partial charge >= 0.3 is 0 Å². The minimum atomic E-state index is -0.151. The van der Waals surface area contributed by atoms with Crippen LogP contribution in [0.4, 0.5) is 4.39 Å². The highest BCUT2D eigenvalue weighted by Gasteiger charge is 2.12. The van der Waals surface area contributed by atoms with Crippen LogP contribution in [-0.4, -0.2) is 6.54 Å². The predicted octanol–water partition coefficient (Wildman–Crippen LogP) is 3.75. The fraction of sp³-hybridized carbons (Fsp3) is 0.429. The van der Waals surface area contributed by atoms with Gasteiger partial charge in [-0.1, -0.05) is 31.2 Å². The molecule has 1 rings (SSSR count). The van der Waals surface area contributed by atoms with Gasteiger partial charge in [-0.05, 0) is 44.0 Å². The first-order valence-electron chi connectivity index (χ1n) is 5.71. The Morgan fingerprint density at radius 3 is 2.69 bits per heavy atom. The molecule has 1 unspecified atom stereocenters. The molecule has 0 fully saturated rings. The van der Waals surface area contributed by atoms with Gasteiger partial charge in [0, 0.05) is 0 Å². The molecule has 0 amide bonds.